The number of imide groups is 1. The van der Waals surface area contributed by atoms with Crippen LogP contribution in [0.2, 0.25) is 0 Å². The van der Waals surface area contributed by atoms with Crippen molar-refractivity contribution in [1.82, 2.24) is 10.2 Å². The van der Waals surface area contributed by atoms with E-state index in [0.29, 0.717) is 0 Å². The van der Waals surface area contributed by atoms with E-state index in [0.717, 1.165) is 0 Å². The number of hydrogen-bond donors (Lipinski definition) is 2. The van der Waals surface area contributed by atoms with Gasteiger partial charge in [-0.25, -0.2) is 0 Å². The normalized spacial score (nSPS) is 21.7. The minimum Gasteiger partial charge on any atom is -0.338 e. The van der Waals surface area contributed by atoms with Crippen molar-refractivity contribution in [1.29, 1.82) is 0 Å². The van der Waals surface area contributed by atoms with Crippen LogP contribution in [0.25, 0.3) is 0 Å². The number of β-lactam (4-membered cyclic amide) rings is 1. The lowest BCUT2D eigenvalue weighted by Gasteiger charge is -2.42. The van der Waals surface area contributed by atoms with E-state index in [2.05, 4.69) is 17.9 Å². The summed E-state index contributed by atoms with van der Waals surface area (Å²) < 4.78 is 36.8. The average Bonchev–Trinajstić information content (AvgIpc) is 2.44. The zero-order chi connectivity index (χ0) is 15.8. The first kappa shape index (κ1) is 15.4. The van der Waals surface area contributed by atoms with Crippen molar-refractivity contribution in [3.8, 4) is 0 Å². The Hall–Kier alpha value is -2.03. The number of alkyl halides is 3. The zero-order valence-electron chi connectivity index (χ0n) is 10.3. The molecule has 1 aliphatic rings. The number of rotatable bonds is 2. The summed E-state index contributed by atoms with van der Waals surface area (Å²) in [5, 5.41) is 0.895. The standard InChI is InChI=1S/C12H9F3N2O3S/c13-12(14,15)11(20)17-9(19)7(10(17)21)16-8(18)6-4-2-1-3-5-6/h1-5,7,10,21H,(H,16,18). The van der Waals surface area contributed by atoms with Crippen LogP contribution in [0.1, 0.15) is 10.4 Å². The molecule has 1 aromatic carbocycles. The van der Waals surface area contributed by atoms with Crippen molar-refractivity contribution in [2.24, 2.45) is 0 Å². The number of hydrogen-bond acceptors (Lipinski definition) is 4. The third kappa shape index (κ3) is 2.87. The van der Waals surface area contributed by atoms with Crippen molar-refractivity contribution in [3.63, 3.8) is 0 Å². The first-order chi connectivity index (χ1) is 9.73. The van der Waals surface area contributed by atoms with Gasteiger partial charge in [-0.3, -0.25) is 19.3 Å². The molecule has 0 aliphatic carbocycles. The average molecular weight is 318 g/mol. The van der Waals surface area contributed by atoms with Crippen LogP contribution in [-0.4, -0.2) is 40.2 Å². The van der Waals surface area contributed by atoms with Gasteiger partial charge >= 0.3 is 12.1 Å². The number of nitrogens with one attached hydrogen (secondary N) is 1. The molecule has 0 aromatic heterocycles. The fraction of sp³-hybridized carbons (Fsp3) is 0.250. The molecule has 2 rings (SSSR count). The summed E-state index contributed by atoms with van der Waals surface area (Å²) in [4.78, 5) is 34.3. The first-order valence-corrected chi connectivity index (χ1v) is 6.23. The van der Waals surface area contributed by atoms with Gasteiger partial charge in [0.1, 0.15) is 11.4 Å². The lowest BCUT2D eigenvalue weighted by Crippen LogP contribution is -2.71. The van der Waals surface area contributed by atoms with Crippen LogP contribution in [0, 0.1) is 0 Å². The smallest absolute Gasteiger partial charge is 0.338 e. The molecule has 0 radical (unpaired) electrons. The monoisotopic (exact) mass is 318 g/mol. The van der Waals surface area contributed by atoms with Crippen LogP contribution in [-0.2, 0) is 9.59 Å². The fourth-order valence-corrected chi connectivity index (χ4v) is 2.20. The highest BCUT2D eigenvalue weighted by molar-refractivity contribution is 7.81. The molecule has 21 heavy (non-hydrogen) atoms. The Balaban J connectivity index is 2.04. The van der Waals surface area contributed by atoms with Crippen molar-refractivity contribution in [2.45, 2.75) is 17.6 Å². The minimum absolute atomic E-state index is 0.0287. The SMILES string of the molecule is O=C(NC1C(=O)N(C(=O)C(F)(F)F)C1S)c1ccccc1. The van der Waals surface area contributed by atoms with E-state index in [1.165, 1.54) is 12.1 Å². The van der Waals surface area contributed by atoms with Gasteiger partial charge in [0, 0.05) is 5.56 Å². The highest BCUT2D eigenvalue weighted by atomic mass is 32.1. The molecule has 112 valence electrons. The van der Waals surface area contributed by atoms with Gasteiger partial charge in [0.25, 0.3) is 11.8 Å². The predicted molar refractivity (Wildman–Crippen MR) is 68.4 cm³/mol. The van der Waals surface area contributed by atoms with E-state index >= 15 is 0 Å². The summed E-state index contributed by atoms with van der Waals surface area (Å²) in [6.45, 7) is 0. The van der Waals surface area contributed by atoms with E-state index in [9.17, 15) is 27.6 Å². The number of thiol groups is 1. The molecule has 9 heteroatoms. The molecule has 1 N–H and O–H groups in total. The quantitative estimate of drug-likeness (QED) is 0.631. The van der Waals surface area contributed by atoms with Crippen LogP contribution >= 0.6 is 12.6 Å². The molecule has 1 heterocycles. The summed E-state index contributed by atoms with van der Waals surface area (Å²) in [5.41, 5.74) is 0.242. The number of amides is 3. The molecule has 1 aromatic rings. The Bertz CT molecular complexity index is 591. The Morgan fingerprint density at radius 3 is 2.24 bits per heavy atom. The van der Waals surface area contributed by atoms with Crippen LogP contribution < -0.4 is 5.32 Å². The largest absolute Gasteiger partial charge is 0.471 e. The summed E-state index contributed by atoms with van der Waals surface area (Å²) in [7, 11) is 0. The number of likely N-dealkylation sites (tertiary alicyclic amines) is 1. The molecule has 0 bridgehead atoms. The van der Waals surface area contributed by atoms with E-state index < -0.39 is 35.3 Å². The van der Waals surface area contributed by atoms with Gasteiger partial charge in [-0.05, 0) is 12.1 Å². The van der Waals surface area contributed by atoms with Crippen LogP contribution in [0.5, 0.6) is 0 Å². The maximum atomic E-state index is 12.3. The van der Waals surface area contributed by atoms with E-state index in [1.807, 2.05) is 0 Å². The van der Waals surface area contributed by atoms with E-state index in [4.69, 9.17) is 0 Å². The van der Waals surface area contributed by atoms with Crippen molar-refractivity contribution in [3.05, 3.63) is 35.9 Å². The van der Waals surface area contributed by atoms with Gasteiger partial charge < -0.3 is 5.32 Å². The Morgan fingerprint density at radius 1 is 1.19 bits per heavy atom. The number of halogens is 3. The maximum Gasteiger partial charge on any atom is 0.471 e. The molecule has 0 spiro atoms. The molecule has 1 saturated heterocycles. The minimum atomic E-state index is -5.16. The lowest BCUT2D eigenvalue weighted by molar-refractivity contribution is -0.194. The Morgan fingerprint density at radius 2 is 1.76 bits per heavy atom. The molecule has 3 amide bonds. The van der Waals surface area contributed by atoms with E-state index in [-0.39, 0.29) is 10.5 Å². The van der Waals surface area contributed by atoms with Gasteiger partial charge in [0.2, 0.25) is 0 Å². The molecular weight excluding hydrogens is 309 g/mol. The molecule has 0 saturated carbocycles. The number of benzene rings is 1. The number of nitrogens with zero attached hydrogens (tertiary/aromatic N) is 1. The zero-order valence-corrected chi connectivity index (χ0v) is 11.2. The van der Waals surface area contributed by atoms with Crippen LogP contribution in [0.15, 0.2) is 30.3 Å². The molecule has 2 unspecified atom stereocenters. The topological polar surface area (TPSA) is 66.5 Å². The predicted octanol–water partition coefficient (Wildman–Crippen LogP) is 0.972. The Kier molecular flexibility index (Phi) is 3.95. The van der Waals surface area contributed by atoms with Crippen molar-refractivity contribution >= 4 is 30.4 Å². The van der Waals surface area contributed by atoms with Gasteiger partial charge in [-0.15, -0.1) is 0 Å². The molecule has 5 nitrogen and oxygen atoms in total. The second-order valence-corrected chi connectivity index (χ2v) is 4.77. The second-order valence-electron chi connectivity index (χ2n) is 4.24. The molecule has 1 aliphatic heterocycles. The third-order valence-electron chi connectivity index (χ3n) is 2.85. The first-order valence-electron chi connectivity index (χ1n) is 5.71. The summed E-state index contributed by atoms with van der Waals surface area (Å²) in [5.74, 6) is -4.06. The third-order valence-corrected chi connectivity index (χ3v) is 3.38. The highest BCUT2D eigenvalue weighted by Gasteiger charge is 2.56. The van der Waals surface area contributed by atoms with Gasteiger partial charge in [-0.2, -0.15) is 25.8 Å². The number of carbonyl (C=O) groups is 3. The fourth-order valence-electron chi connectivity index (χ4n) is 1.78. The second kappa shape index (κ2) is 5.40. The summed E-state index contributed by atoms with van der Waals surface area (Å²) in [6, 6.07) is 6.54. The highest BCUT2D eigenvalue weighted by Crippen LogP contribution is 2.29. The van der Waals surface area contributed by atoms with Gasteiger partial charge in [-0.1, -0.05) is 18.2 Å². The molecule has 2 atom stereocenters. The number of carbonyl (C=O) groups excluding carboxylic acids is 3. The summed E-state index contributed by atoms with van der Waals surface area (Å²) >= 11 is 3.76. The molecule has 1 fully saturated rings. The lowest BCUT2D eigenvalue weighted by atomic mass is 10.1. The summed E-state index contributed by atoms with van der Waals surface area (Å²) in [6.07, 6.45) is -5.16. The maximum absolute atomic E-state index is 12.3. The van der Waals surface area contributed by atoms with Gasteiger partial charge in [0.15, 0.2) is 0 Å². The Labute approximate surface area is 122 Å². The van der Waals surface area contributed by atoms with Crippen molar-refractivity contribution in [2.75, 3.05) is 0 Å². The molecular formula is C12H9F3N2O3S. The van der Waals surface area contributed by atoms with E-state index in [1.54, 1.807) is 18.2 Å². The van der Waals surface area contributed by atoms with Crippen LogP contribution in [0.3, 0.4) is 0 Å². The van der Waals surface area contributed by atoms with Crippen LogP contribution in [0.4, 0.5) is 13.2 Å². The van der Waals surface area contributed by atoms with Crippen molar-refractivity contribution < 1.29 is 27.6 Å². The van der Waals surface area contributed by atoms with Gasteiger partial charge in [0.05, 0.1) is 0 Å².